The Kier molecular flexibility index (Phi) is 6.36. The normalized spacial score (nSPS) is 16.5. The summed E-state index contributed by atoms with van der Waals surface area (Å²) in [6.45, 7) is 3.21. The summed E-state index contributed by atoms with van der Waals surface area (Å²) >= 11 is 5.99. The molecule has 142 valence electrons. The number of pyridine rings is 2. The molecule has 0 radical (unpaired) electrons. The van der Waals surface area contributed by atoms with Gasteiger partial charge in [-0.1, -0.05) is 17.7 Å². The first-order valence-corrected chi connectivity index (χ1v) is 9.29. The quantitative estimate of drug-likeness (QED) is 0.770. The minimum absolute atomic E-state index is 0.0207. The first-order chi connectivity index (χ1) is 13.0. The van der Waals surface area contributed by atoms with Gasteiger partial charge in [-0.15, -0.1) is 0 Å². The van der Waals surface area contributed by atoms with E-state index in [1.165, 1.54) is 0 Å². The first-order valence-electron chi connectivity index (χ1n) is 8.92. The summed E-state index contributed by atoms with van der Waals surface area (Å²) in [6.07, 6.45) is 4.61. The lowest BCUT2D eigenvalue weighted by Crippen LogP contribution is -2.47. The highest BCUT2D eigenvalue weighted by Crippen LogP contribution is 2.22. The van der Waals surface area contributed by atoms with Crippen LogP contribution in [0.4, 0.5) is 11.5 Å². The zero-order valence-electron chi connectivity index (χ0n) is 15.1. The number of hydrogen-bond donors (Lipinski definition) is 2. The van der Waals surface area contributed by atoms with Gasteiger partial charge >= 0.3 is 0 Å². The van der Waals surface area contributed by atoms with Gasteiger partial charge in [-0.25, -0.2) is 9.97 Å². The van der Waals surface area contributed by atoms with Crippen LogP contribution in [0.15, 0.2) is 42.7 Å². The van der Waals surface area contributed by atoms with Crippen LogP contribution in [0.2, 0.25) is 5.15 Å². The molecule has 0 spiro atoms. The van der Waals surface area contributed by atoms with Crippen LogP contribution >= 0.6 is 11.6 Å². The van der Waals surface area contributed by atoms with Crippen molar-refractivity contribution in [1.29, 1.82) is 0 Å². The van der Waals surface area contributed by atoms with E-state index in [0.717, 1.165) is 0 Å². The predicted molar refractivity (Wildman–Crippen MR) is 105 cm³/mol. The smallest absolute Gasteiger partial charge is 0.241 e. The molecule has 1 aliphatic heterocycles. The first kappa shape index (κ1) is 19.3. The molecule has 0 saturated carbocycles. The van der Waals surface area contributed by atoms with Gasteiger partial charge in [0.2, 0.25) is 11.8 Å². The van der Waals surface area contributed by atoms with Crippen molar-refractivity contribution in [2.45, 2.75) is 25.8 Å². The van der Waals surface area contributed by atoms with Gasteiger partial charge in [0.25, 0.3) is 0 Å². The Morgan fingerprint density at radius 3 is 2.52 bits per heavy atom. The molecule has 0 aliphatic carbocycles. The van der Waals surface area contributed by atoms with Crippen LogP contribution in [0.25, 0.3) is 0 Å². The summed E-state index contributed by atoms with van der Waals surface area (Å²) in [6, 6.07) is 8.52. The van der Waals surface area contributed by atoms with Gasteiger partial charge in [0.05, 0.1) is 11.7 Å². The van der Waals surface area contributed by atoms with E-state index < -0.39 is 0 Å². The van der Waals surface area contributed by atoms with Crippen LogP contribution in [0.1, 0.15) is 19.8 Å². The van der Waals surface area contributed by atoms with E-state index in [1.807, 2.05) is 13.0 Å². The molecule has 7 nitrogen and oxygen atoms in total. The van der Waals surface area contributed by atoms with E-state index in [1.54, 1.807) is 36.7 Å². The number of likely N-dealkylation sites (tertiary alicyclic amines) is 1. The number of halogens is 1. The van der Waals surface area contributed by atoms with Gasteiger partial charge in [0.15, 0.2) is 5.15 Å². The molecule has 1 fully saturated rings. The van der Waals surface area contributed by atoms with E-state index in [-0.39, 0.29) is 28.9 Å². The fourth-order valence-electron chi connectivity index (χ4n) is 3.10. The van der Waals surface area contributed by atoms with Crippen molar-refractivity contribution in [2.75, 3.05) is 23.7 Å². The number of carbonyl (C=O) groups excluding carboxylic acids is 2. The molecule has 1 aliphatic rings. The van der Waals surface area contributed by atoms with Gasteiger partial charge in [-0.05, 0) is 57.1 Å². The second kappa shape index (κ2) is 8.92. The maximum Gasteiger partial charge on any atom is 0.241 e. The molecule has 27 heavy (non-hydrogen) atoms. The van der Waals surface area contributed by atoms with Crippen LogP contribution in [-0.4, -0.2) is 45.8 Å². The topological polar surface area (TPSA) is 87.2 Å². The second-order valence-corrected chi connectivity index (χ2v) is 6.88. The molecule has 2 aromatic rings. The molecular weight excluding hydrogens is 366 g/mol. The number of carbonyl (C=O) groups is 2. The molecule has 8 heteroatoms. The number of piperidine rings is 1. The van der Waals surface area contributed by atoms with Crippen molar-refractivity contribution in [3.63, 3.8) is 0 Å². The molecule has 2 N–H and O–H groups in total. The molecule has 0 bridgehead atoms. The van der Waals surface area contributed by atoms with Crippen molar-refractivity contribution >= 4 is 34.9 Å². The highest BCUT2D eigenvalue weighted by molar-refractivity contribution is 6.32. The van der Waals surface area contributed by atoms with Crippen LogP contribution < -0.4 is 10.6 Å². The third-order valence-corrected chi connectivity index (χ3v) is 5.06. The second-order valence-electron chi connectivity index (χ2n) is 6.52. The third kappa shape index (κ3) is 5.02. The van der Waals surface area contributed by atoms with E-state index in [4.69, 9.17) is 11.6 Å². The Morgan fingerprint density at radius 1 is 1.11 bits per heavy atom. The average Bonchev–Trinajstić information content (AvgIpc) is 2.70. The lowest BCUT2D eigenvalue weighted by Gasteiger charge is -2.34. The Labute approximate surface area is 163 Å². The van der Waals surface area contributed by atoms with Crippen LogP contribution in [0.3, 0.4) is 0 Å². The minimum Gasteiger partial charge on any atom is -0.322 e. The molecule has 3 heterocycles. The largest absolute Gasteiger partial charge is 0.322 e. The maximum atomic E-state index is 12.5. The SMILES string of the molecule is CC(C(=O)Nc1cccnc1Cl)N1CCC(C(=O)Nc2ccccn2)CC1. The van der Waals surface area contributed by atoms with E-state index in [9.17, 15) is 9.59 Å². The third-order valence-electron chi connectivity index (χ3n) is 4.76. The number of amides is 2. The fraction of sp³-hybridized carbons (Fsp3) is 0.368. The van der Waals surface area contributed by atoms with Gasteiger partial charge in [-0.3, -0.25) is 14.5 Å². The number of aromatic nitrogens is 2. The minimum atomic E-state index is -0.318. The Balaban J connectivity index is 1.50. The van der Waals surface area contributed by atoms with E-state index in [2.05, 4.69) is 25.5 Å². The summed E-state index contributed by atoms with van der Waals surface area (Å²) in [5.74, 6) is 0.325. The van der Waals surface area contributed by atoms with Crippen LogP contribution in [0, 0.1) is 5.92 Å². The standard InChI is InChI=1S/C19H22ClN5O2/c1-13(18(26)23-15-5-4-10-22-17(15)20)25-11-7-14(8-12-25)19(27)24-16-6-2-3-9-21-16/h2-6,9-10,13-14H,7-8,11-12H2,1H3,(H,23,26)(H,21,24,27). The van der Waals surface area contributed by atoms with E-state index in [0.29, 0.717) is 37.4 Å². The zero-order chi connectivity index (χ0) is 19.2. The van der Waals surface area contributed by atoms with Crippen LogP contribution in [-0.2, 0) is 9.59 Å². The molecule has 2 aromatic heterocycles. The molecule has 2 amide bonds. The molecule has 1 unspecified atom stereocenters. The molecular formula is C19H22ClN5O2. The lowest BCUT2D eigenvalue weighted by atomic mass is 9.95. The summed E-state index contributed by atoms with van der Waals surface area (Å²) in [4.78, 5) is 35.0. The Hall–Kier alpha value is -2.51. The fourth-order valence-corrected chi connectivity index (χ4v) is 3.26. The van der Waals surface area contributed by atoms with Crippen molar-refractivity contribution in [3.05, 3.63) is 47.9 Å². The predicted octanol–water partition coefficient (Wildman–Crippen LogP) is 2.81. The summed E-state index contributed by atoms with van der Waals surface area (Å²) in [5.41, 5.74) is 0.501. The van der Waals surface area contributed by atoms with E-state index >= 15 is 0 Å². The van der Waals surface area contributed by atoms with Crippen molar-refractivity contribution in [3.8, 4) is 0 Å². The summed E-state index contributed by atoms with van der Waals surface area (Å²) in [7, 11) is 0. The molecule has 1 saturated heterocycles. The van der Waals surface area contributed by atoms with Crippen molar-refractivity contribution < 1.29 is 9.59 Å². The average molecular weight is 388 g/mol. The van der Waals surface area contributed by atoms with Crippen molar-refractivity contribution in [1.82, 2.24) is 14.9 Å². The van der Waals surface area contributed by atoms with Gasteiger partial charge < -0.3 is 10.6 Å². The van der Waals surface area contributed by atoms with Gasteiger partial charge in [0.1, 0.15) is 5.82 Å². The Morgan fingerprint density at radius 2 is 1.85 bits per heavy atom. The van der Waals surface area contributed by atoms with Gasteiger partial charge in [0, 0.05) is 18.3 Å². The van der Waals surface area contributed by atoms with Gasteiger partial charge in [-0.2, -0.15) is 0 Å². The lowest BCUT2D eigenvalue weighted by molar-refractivity contribution is -0.123. The highest BCUT2D eigenvalue weighted by atomic mass is 35.5. The monoisotopic (exact) mass is 387 g/mol. The molecule has 1 atom stereocenters. The number of hydrogen-bond acceptors (Lipinski definition) is 5. The summed E-state index contributed by atoms with van der Waals surface area (Å²) < 4.78 is 0. The number of rotatable bonds is 5. The number of anilines is 2. The molecule has 0 aromatic carbocycles. The number of nitrogens with one attached hydrogen (secondary N) is 2. The van der Waals surface area contributed by atoms with Crippen molar-refractivity contribution in [2.24, 2.45) is 5.92 Å². The highest BCUT2D eigenvalue weighted by Gasteiger charge is 2.30. The van der Waals surface area contributed by atoms with Crippen LogP contribution in [0.5, 0.6) is 0 Å². The Bertz CT molecular complexity index is 794. The maximum absolute atomic E-state index is 12.5. The summed E-state index contributed by atoms with van der Waals surface area (Å²) in [5, 5.41) is 5.93. The number of nitrogens with zero attached hydrogens (tertiary/aromatic N) is 3. The zero-order valence-corrected chi connectivity index (χ0v) is 15.8. The molecule has 3 rings (SSSR count).